The average Bonchev–Trinajstić information content (AvgIpc) is 2.99. The van der Waals surface area contributed by atoms with Gasteiger partial charge < -0.3 is 4.74 Å². The number of nitrogens with zero attached hydrogens (tertiary/aromatic N) is 3. The van der Waals surface area contributed by atoms with E-state index in [1.54, 1.807) is 31.2 Å². The van der Waals surface area contributed by atoms with Gasteiger partial charge in [0.2, 0.25) is 10.0 Å². The summed E-state index contributed by atoms with van der Waals surface area (Å²) in [6.45, 7) is 2.19. The van der Waals surface area contributed by atoms with Gasteiger partial charge in [0.25, 0.3) is 0 Å². The van der Waals surface area contributed by atoms with Gasteiger partial charge in [-0.3, -0.25) is 0 Å². The van der Waals surface area contributed by atoms with Gasteiger partial charge >= 0.3 is 6.01 Å². The van der Waals surface area contributed by atoms with Crippen molar-refractivity contribution in [2.24, 2.45) is 5.14 Å². The highest BCUT2D eigenvalue weighted by molar-refractivity contribution is 7.89. The van der Waals surface area contributed by atoms with Crippen LogP contribution in [0.1, 0.15) is 6.92 Å². The molecule has 9 heteroatoms. The van der Waals surface area contributed by atoms with Crippen LogP contribution < -0.4 is 9.88 Å². The molecular weight excluding hydrogens is 347 g/mol. The van der Waals surface area contributed by atoms with Gasteiger partial charge in [0.15, 0.2) is 5.82 Å². The van der Waals surface area contributed by atoms with Gasteiger partial charge in [-0.15, -0.1) is 5.10 Å². The molecule has 0 fully saturated rings. The molecule has 0 radical (unpaired) electrons. The Hall–Kier alpha value is -2.78. The average molecular weight is 362 g/mol. The van der Waals surface area contributed by atoms with E-state index in [2.05, 4.69) is 10.1 Å². The molecule has 1 aromatic heterocycles. The number of hydrogen-bond donors (Lipinski definition) is 1. The first-order chi connectivity index (χ1) is 11.9. The molecule has 0 aliphatic carbocycles. The highest BCUT2D eigenvalue weighted by Gasteiger charge is 2.15. The maximum Gasteiger partial charge on any atom is 0.336 e. The van der Waals surface area contributed by atoms with Crippen LogP contribution >= 0.6 is 0 Å². The minimum absolute atomic E-state index is 0.00951. The Morgan fingerprint density at radius 1 is 1.12 bits per heavy atom. The third-order valence-electron chi connectivity index (χ3n) is 3.37. The summed E-state index contributed by atoms with van der Waals surface area (Å²) in [5, 5.41) is 9.38. The van der Waals surface area contributed by atoms with E-state index in [0.29, 0.717) is 23.7 Å². The number of sulfonamides is 1. The van der Waals surface area contributed by atoms with E-state index in [-0.39, 0.29) is 16.7 Å². The monoisotopic (exact) mass is 362 g/mol. The minimum atomic E-state index is -3.78. The summed E-state index contributed by atoms with van der Waals surface area (Å²) in [5.74, 6) is 0.0733. The Labute approximate surface area is 143 Å². The van der Waals surface area contributed by atoms with Gasteiger partial charge in [-0.05, 0) is 55.5 Å². The second-order valence-electron chi connectivity index (χ2n) is 5.11. The Morgan fingerprint density at radius 3 is 2.32 bits per heavy atom. The molecule has 2 N–H and O–H groups in total. The molecule has 2 aromatic carbocycles. The standard InChI is InChI=1S/C16H15FN4O3S/c1-2-24-16-19-15(11-3-5-12(17)6-4-11)21(20-16)13-7-9-14(10-8-13)25(18,22)23/h3-10H,2H2,1H3,(H2,18,22,23). The van der Waals surface area contributed by atoms with Gasteiger partial charge in [0, 0.05) is 5.56 Å². The second-order valence-corrected chi connectivity index (χ2v) is 6.67. The van der Waals surface area contributed by atoms with Crippen LogP contribution in [0.25, 0.3) is 17.1 Å². The third kappa shape index (κ3) is 3.67. The molecule has 0 amide bonds. The minimum Gasteiger partial charge on any atom is -0.463 e. The zero-order valence-electron chi connectivity index (χ0n) is 13.3. The van der Waals surface area contributed by atoms with E-state index in [4.69, 9.17) is 9.88 Å². The van der Waals surface area contributed by atoms with E-state index in [1.165, 1.54) is 28.9 Å². The molecule has 0 bridgehead atoms. The molecule has 0 spiro atoms. The maximum absolute atomic E-state index is 13.2. The lowest BCUT2D eigenvalue weighted by Crippen LogP contribution is -2.12. The van der Waals surface area contributed by atoms with Crippen LogP contribution in [0, 0.1) is 5.82 Å². The van der Waals surface area contributed by atoms with Gasteiger partial charge in [-0.2, -0.15) is 4.98 Å². The van der Waals surface area contributed by atoms with Gasteiger partial charge in [-0.25, -0.2) is 22.6 Å². The molecule has 25 heavy (non-hydrogen) atoms. The smallest absolute Gasteiger partial charge is 0.336 e. The highest BCUT2D eigenvalue weighted by Crippen LogP contribution is 2.24. The van der Waals surface area contributed by atoms with E-state index in [0.717, 1.165) is 0 Å². The van der Waals surface area contributed by atoms with Crippen molar-refractivity contribution < 1.29 is 17.5 Å². The molecule has 130 valence electrons. The molecule has 0 unspecified atom stereocenters. The first-order valence-corrected chi connectivity index (χ1v) is 8.92. The lowest BCUT2D eigenvalue weighted by atomic mass is 10.2. The third-order valence-corrected chi connectivity index (χ3v) is 4.30. The molecule has 0 atom stereocenters. The van der Waals surface area contributed by atoms with Crippen LogP contribution in [0.4, 0.5) is 4.39 Å². The second kappa shape index (κ2) is 6.61. The predicted octanol–water partition coefficient (Wildman–Crippen LogP) is 2.12. The van der Waals surface area contributed by atoms with Crippen molar-refractivity contribution in [3.63, 3.8) is 0 Å². The lowest BCUT2D eigenvalue weighted by molar-refractivity contribution is 0.312. The molecule has 1 heterocycles. The van der Waals surface area contributed by atoms with Crippen LogP contribution in [0.5, 0.6) is 6.01 Å². The van der Waals surface area contributed by atoms with Crippen molar-refractivity contribution in [1.82, 2.24) is 14.8 Å². The Balaban J connectivity index is 2.09. The first-order valence-electron chi connectivity index (χ1n) is 7.37. The molecular formula is C16H15FN4O3S. The predicted molar refractivity (Wildman–Crippen MR) is 89.3 cm³/mol. The molecule has 0 aliphatic heterocycles. The lowest BCUT2D eigenvalue weighted by Gasteiger charge is -2.06. The zero-order valence-corrected chi connectivity index (χ0v) is 14.1. The Morgan fingerprint density at radius 2 is 1.76 bits per heavy atom. The maximum atomic E-state index is 13.2. The largest absolute Gasteiger partial charge is 0.463 e. The number of halogens is 1. The van der Waals surface area contributed by atoms with E-state index in [9.17, 15) is 12.8 Å². The molecule has 0 saturated heterocycles. The quantitative estimate of drug-likeness (QED) is 0.749. The molecule has 0 aliphatic rings. The van der Waals surface area contributed by atoms with Gasteiger partial charge in [0.05, 0.1) is 17.2 Å². The fraction of sp³-hybridized carbons (Fsp3) is 0.125. The fourth-order valence-corrected chi connectivity index (χ4v) is 2.74. The molecule has 3 rings (SSSR count). The number of benzene rings is 2. The van der Waals surface area contributed by atoms with Crippen molar-refractivity contribution in [2.45, 2.75) is 11.8 Å². The summed E-state index contributed by atoms with van der Waals surface area (Å²) in [6.07, 6.45) is 0. The number of primary sulfonamides is 1. The van der Waals surface area contributed by atoms with Crippen LogP contribution in [0.3, 0.4) is 0 Å². The summed E-state index contributed by atoms with van der Waals surface area (Å²) in [6, 6.07) is 11.8. The Kier molecular flexibility index (Phi) is 4.51. The van der Waals surface area contributed by atoms with Crippen molar-refractivity contribution in [1.29, 1.82) is 0 Å². The number of rotatable bonds is 5. The van der Waals surface area contributed by atoms with Gasteiger partial charge in [-0.1, -0.05) is 0 Å². The summed E-state index contributed by atoms with van der Waals surface area (Å²) in [4.78, 5) is 4.30. The molecule has 0 saturated carbocycles. The topological polar surface area (TPSA) is 100 Å². The van der Waals surface area contributed by atoms with Crippen LogP contribution in [-0.4, -0.2) is 29.8 Å². The van der Waals surface area contributed by atoms with Gasteiger partial charge in [0.1, 0.15) is 5.82 Å². The van der Waals surface area contributed by atoms with E-state index in [1.807, 2.05) is 0 Å². The van der Waals surface area contributed by atoms with Crippen molar-refractivity contribution in [2.75, 3.05) is 6.61 Å². The highest BCUT2D eigenvalue weighted by atomic mass is 32.2. The van der Waals surface area contributed by atoms with Crippen molar-refractivity contribution in [3.8, 4) is 23.1 Å². The molecule has 7 nitrogen and oxygen atoms in total. The number of nitrogens with two attached hydrogens (primary N) is 1. The normalized spacial score (nSPS) is 11.5. The SMILES string of the molecule is CCOc1nc(-c2ccc(F)cc2)n(-c2ccc(S(N)(=O)=O)cc2)n1. The summed E-state index contributed by atoms with van der Waals surface area (Å²) in [5.41, 5.74) is 1.19. The summed E-state index contributed by atoms with van der Waals surface area (Å²) < 4.78 is 42.8. The zero-order chi connectivity index (χ0) is 18.0. The Bertz CT molecular complexity index is 983. The summed E-state index contributed by atoms with van der Waals surface area (Å²) >= 11 is 0. The number of aromatic nitrogens is 3. The van der Waals surface area contributed by atoms with Crippen LogP contribution in [0.2, 0.25) is 0 Å². The van der Waals surface area contributed by atoms with Crippen LogP contribution in [-0.2, 0) is 10.0 Å². The summed E-state index contributed by atoms with van der Waals surface area (Å²) in [7, 11) is -3.78. The first kappa shape index (κ1) is 17.1. The van der Waals surface area contributed by atoms with Crippen molar-refractivity contribution in [3.05, 3.63) is 54.3 Å². The van der Waals surface area contributed by atoms with E-state index >= 15 is 0 Å². The van der Waals surface area contributed by atoms with Crippen LogP contribution in [0.15, 0.2) is 53.4 Å². The molecule has 3 aromatic rings. The van der Waals surface area contributed by atoms with E-state index < -0.39 is 10.0 Å². The van der Waals surface area contributed by atoms with Crippen molar-refractivity contribution >= 4 is 10.0 Å². The fourth-order valence-electron chi connectivity index (χ4n) is 2.23. The number of ether oxygens (including phenoxy) is 1. The number of hydrogen-bond acceptors (Lipinski definition) is 5.